The molecule has 0 saturated heterocycles. The summed E-state index contributed by atoms with van der Waals surface area (Å²) in [5.41, 5.74) is 1.15. The SMILES string of the molecule is COCCN(Cc1nc2sc3c(c2c(=O)[nH]1)CC[C@H](C)C3)C[C@H](O)COCC(C)C. The Bertz CT molecular complexity index is 879. The minimum Gasteiger partial charge on any atom is -0.389 e. The van der Waals surface area contributed by atoms with E-state index >= 15 is 0 Å². The van der Waals surface area contributed by atoms with E-state index in [0.29, 0.717) is 57.1 Å². The van der Waals surface area contributed by atoms with Gasteiger partial charge in [0.25, 0.3) is 5.56 Å². The Hall–Kier alpha value is -1.32. The molecule has 0 aromatic carbocycles. The summed E-state index contributed by atoms with van der Waals surface area (Å²) < 4.78 is 10.8. The number of rotatable bonds is 11. The average Bonchev–Trinajstić information content (AvgIpc) is 3.03. The number of hydrogen-bond donors (Lipinski definition) is 2. The van der Waals surface area contributed by atoms with Gasteiger partial charge in [-0.05, 0) is 36.7 Å². The van der Waals surface area contributed by atoms with E-state index in [1.807, 2.05) is 4.90 Å². The molecule has 0 radical (unpaired) electrons. The standard InChI is InChI=1S/C22H35N3O4S/c1-14(2)12-29-13-16(26)10-25(7-8-28-4)11-19-23-21(27)20-17-6-5-15(3)9-18(17)30-22(20)24-19/h14-16,26H,5-13H2,1-4H3,(H,23,24,27)/t15-,16-/m0/s1. The van der Waals surface area contributed by atoms with Gasteiger partial charge in [0.05, 0.1) is 31.2 Å². The number of aromatic nitrogens is 2. The molecule has 8 heteroatoms. The molecule has 0 saturated carbocycles. The Morgan fingerprint density at radius 2 is 2.17 bits per heavy atom. The first-order chi connectivity index (χ1) is 14.4. The first-order valence-electron chi connectivity index (χ1n) is 10.9. The largest absolute Gasteiger partial charge is 0.389 e. The molecule has 2 N–H and O–H groups in total. The van der Waals surface area contributed by atoms with Crippen molar-refractivity contribution in [3.8, 4) is 0 Å². The molecule has 1 aliphatic rings. The van der Waals surface area contributed by atoms with Gasteiger partial charge in [-0.15, -0.1) is 11.3 Å². The van der Waals surface area contributed by atoms with E-state index in [9.17, 15) is 9.90 Å². The summed E-state index contributed by atoms with van der Waals surface area (Å²) in [5.74, 6) is 1.72. The third-order valence-corrected chi connectivity index (χ3v) is 6.58. The van der Waals surface area contributed by atoms with Gasteiger partial charge in [-0.25, -0.2) is 4.98 Å². The maximum atomic E-state index is 12.8. The van der Waals surface area contributed by atoms with Crippen LogP contribution in [-0.2, 0) is 28.9 Å². The number of aryl methyl sites for hydroxylation is 1. The Morgan fingerprint density at radius 1 is 1.37 bits per heavy atom. The molecule has 0 aliphatic heterocycles. The van der Waals surface area contributed by atoms with Crippen LogP contribution in [0.5, 0.6) is 0 Å². The quantitative estimate of drug-likeness (QED) is 0.562. The molecule has 0 amide bonds. The van der Waals surface area contributed by atoms with Crippen molar-refractivity contribution in [2.24, 2.45) is 11.8 Å². The molecule has 7 nitrogen and oxygen atoms in total. The molecule has 2 atom stereocenters. The van der Waals surface area contributed by atoms with Crippen LogP contribution in [0.1, 0.15) is 43.5 Å². The van der Waals surface area contributed by atoms with Crippen LogP contribution in [0.15, 0.2) is 4.79 Å². The number of thiophene rings is 1. The van der Waals surface area contributed by atoms with E-state index in [1.54, 1.807) is 18.4 Å². The van der Waals surface area contributed by atoms with E-state index in [2.05, 4.69) is 25.8 Å². The van der Waals surface area contributed by atoms with Crippen molar-refractivity contribution in [1.82, 2.24) is 14.9 Å². The van der Waals surface area contributed by atoms with Crippen molar-refractivity contribution < 1.29 is 14.6 Å². The van der Waals surface area contributed by atoms with Crippen LogP contribution in [-0.4, -0.2) is 66.1 Å². The summed E-state index contributed by atoms with van der Waals surface area (Å²) in [6.07, 6.45) is 2.52. The summed E-state index contributed by atoms with van der Waals surface area (Å²) >= 11 is 1.66. The number of nitrogens with zero attached hydrogens (tertiary/aromatic N) is 2. The van der Waals surface area contributed by atoms with E-state index in [4.69, 9.17) is 14.5 Å². The van der Waals surface area contributed by atoms with Crippen molar-refractivity contribution in [2.45, 2.75) is 52.7 Å². The van der Waals surface area contributed by atoms with Crippen LogP contribution in [0.25, 0.3) is 10.2 Å². The highest BCUT2D eigenvalue weighted by Gasteiger charge is 2.23. The van der Waals surface area contributed by atoms with Gasteiger partial charge in [-0.3, -0.25) is 9.69 Å². The number of ether oxygens (including phenoxy) is 2. The lowest BCUT2D eigenvalue weighted by Crippen LogP contribution is -2.37. The molecule has 30 heavy (non-hydrogen) atoms. The van der Waals surface area contributed by atoms with Crippen molar-refractivity contribution in [1.29, 1.82) is 0 Å². The highest BCUT2D eigenvalue weighted by atomic mass is 32.1. The minimum atomic E-state index is -0.605. The molecule has 1 aliphatic carbocycles. The molecule has 0 spiro atoms. The maximum Gasteiger partial charge on any atom is 0.259 e. The number of aromatic amines is 1. The first kappa shape index (κ1) is 23.3. The zero-order valence-corrected chi connectivity index (χ0v) is 19.4. The monoisotopic (exact) mass is 437 g/mol. The Morgan fingerprint density at radius 3 is 2.90 bits per heavy atom. The second-order valence-corrected chi connectivity index (χ2v) is 9.94. The van der Waals surface area contributed by atoms with E-state index in [1.165, 1.54) is 10.4 Å². The molecule has 0 unspecified atom stereocenters. The predicted molar refractivity (Wildman–Crippen MR) is 120 cm³/mol. The lowest BCUT2D eigenvalue weighted by Gasteiger charge is -2.24. The fourth-order valence-electron chi connectivity index (χ4n) is 3.93. The van der Waals surface area contributed by atoms with Crippen molar-refractivity contribution in [3.63, 3.8) is 0 Å². The van der Waals surface area contributed by atoms with Gasteiger partial charge < -0.3 is 19.6 Å². The minimum absolute atomic E-state index is 0.0467. The van der Waals surface area contributed by atoms with E-state index < -0.39 is 6.10 Å². The fraction of sp³-hybridized carbons (Fsp3) is 0.727. The van der Waals surface area contributed by atoms with Crippen LogP contribution in [0.3, 0.4) is 0 Å². The lowest BCUT2D eigenvalue weighted by atomic mass is 9.89. The van der Waals surface area contributed by atoms with Gasteiger partial charge >= 0.3 is 0 Å². The maximum absolute atomic E-state index is 12.8. The molecule has 0 fully saturated rings. The van der Waals surface area contributed by atoms with Crippen LogP contribution in [0.4, 0.5) is 0 Å². The molecule has 2 aromatic heterocycles. The number of aliphatic hydroxyl groups excluding tert-OH is 1. The zero-order valence-electron chi connectivity index (χ0n) is 18.6. The highest BCUT2D eigenvalue weighted by molar-refractivity contribution is 7.18. The zero-order chi connectivity index (χ0) is 21.7. The summed E-state index contributed by atoms with van der Waals surface area (Å²) in [6, 6.07) is 0. The van der Waals surface area contributed by atoms with E-state index in [-0.39, 0.29) is 5.56 Å². The number of hydrogen-bond acceptors (Lipinski definition) is 7. The molecule has 168 valence electrons. The molecular formula is C22H35N3O4S. The van der Waals surface area contributed by atoms with Gasteiger partial charge in [0, 0.05) is 31.7 Å². The van der Waals surface area contributed by atoms with Crippen molar-refractivity contribution >= 4 is 21.6 Å². The number of aliphatic hydroxyl groups is 1. The normalized spacial score (nSPS) is 17.8. The van der Waals surface area contributed by atoms with Crippen LogP contribution < -0.4 is 5.56 Å². The second kappa shape index (κ2) is 10.8. The molecule has 2 heterocycles. The Labute approximate surface area is 182 Å². The molecule has 2 aromatic rings. The Kier molecular flexibility index (Phi) is 8.42. The summed E-state index contributed by atoms with van der Waals surface area (Å²) in [4.78, 5) is 24.8. The van der Waals surface area contributed by atoms with Crippen LogP contribution >= 0.6 is 11.3 Å². The molecule has 3 rings (SSSR count). The second-order valence-electron chi connectivity index (χ2n) is 8.86. The number of H-pyrrole nitrogens is 1. The third-order valence-electron chi connectivity index (χ3n) is 5.43. The van der Waals surface area contributed by atoms with E-state index in [0.717, 1.165) is 29.5 Å². The number of nitrogens with one attached hydrogen (secondary N) is 1. The first-order valence-corrected chi connectivity index (χ1v) is 11.7. The van der Waals surface area contributed by atoms with Crippen LogP contribution in [0, 0.1) is 11.8 Å². The van der Waals surface area contributed by atoms with Gasteiger partial charge in [0.1, 0.15) is 10.7 Å². The average molecular weight is 438 g/mol. The van der Waals surface area contributed by atoms with Gasteiger partial charge in [-0.2, -0.15) is 0 Å². The predicted octanol–water partition coefficient (Wildman–Crippen LogP) is 2.59. The van der Waals surface area contributed by atoms with Gasteiger partial charge in [0.15, 0.2) is 0 Å². The fourth-order valence-corrected chi connectivity index (χ4v) is 5.33. The van der Waals surface area contributed by atoms with Crippen LogP contribution in [0.2, 0.25) is 0 Å². The van der Waals surface area contributed by atoms with Gasteiger partial charge in [0.2, 0.25) is 0 Å². The topological polar surface area (TPSA) is 87.7 Å². The summed E-state index contributed by atoms with van der Waals surface area (Å²) in [7, 11) is 1.66. The van der Waals surface area contributed by atoms with Crippen molar-refractivity contribution in [2.75, 3.05) is 40.0 Å². The summed E-state index contributed by atoms with van der Waals surface area (Å²) in [6.45, 7) is 9.41. The van der Waals surface area contributed by atoms with Crippen molar-refractivity contribution in [3.05, 3.63) is 26.6 Å². The third kappa shape index (κ3) is 6.11. The molecule has 0 bridgehead atoms. The van der Waals surface area contributed by atoms with Gasteiger partial charge in [-0.1, -0.05) is 20.8 Å². The lowest BCUT2D eigenvalue weighted by molar-refractivity contribution is 0.00296. The Balaban J connectivity index is 1.72. The number of fused-ring (bicyclic) bond motifs is 3. The number of methoxy groups -OCH3 is 1. The summed E-state index contributed by atoms with van der Waals surface area (Å²) in [5, 5.41) is 11.1. The highest BCUT2D eigenvalue weighted by Crippen LogP contribution is 2.35. The smallest absolute Gasteiger partial charge is 0.259 e. The molecular weight excluding hydrogens is 402 g/mol.